The van der Waals surface area contributed by atoms with Crippen LogP contribution in [0.5, 0.6) is 0 Å². The number of pyridine rings is 2. The van der Waals surface area contributed by atoms with E-state index in [4.69, 9.17) is 0 Å². The molecule has 0 spiro atoms. The zero-order valence-electron chi connectivity index (χ0n) is 18.4. The van der Waals surface area contributed by atoms with Crippen LogP contribution in [0.25, 0.3) is 10.9 Å². The number of aliphatic hydroxyl groups is 1. The number of hydrogen-bond acceptors (Lipinski definition) is 6. The van der Waals surface area contributed by atoms with Gasteiger partial charge in [-0.2, -0.15) is 18.3 Å². The predicted molar refractivity (Wildman–Crippen MR) is 119 cm³/mol. The molecule has 4 N–H and O–H groups in total. The summed E-state index contributed by atoms with van der Waals surface area (Å²) in [5.41, 5.74) is -0.928. The van der Waals surface area contributed by atoms with Crippen LogP contribution in [0.4, 0.5) is 30.6 Å². The van der Waals surface area contributed by atoms with Gasteiger partial charge in [-0.05, 0) is 62.5 Å². The number of rotatable bonds is 4. The number of anilines is 3. The molecule has 176 valence electrons. The van der Waals surface area contributed by atoms with Gasteiger partial charge in [-0.15, -0.1) is 0 Å². The summed E-state index contributed by atoms with van der Waals surface area (Å²) < 4.78 is 38.7. The predicted octanol–water partition coefficient (Wildman–Crippen LogP) is 5.10. The van der Waals surface area contributed by atoms with Crippen LogP contribution >= 0.6 is 0 Å². The molecule has 3 aromatic heterocycles. The minimum absolute atomic E-state index is 0.0215. The van der Waals surface area contributed by atoms with Crippen LogP contribution in [0.15, 0.2) is 30.5 Å². The molecule has 0 aromatic carbocycles. The number of halogens is 3. The number of hydrogen-bond donors (Lipinski definition) is 4. The Balaban J connectivity index is 1.46. The second kappa shape index (κ2) is 7.86. The van der Waals surface area contributed by atoms with Crippen molar-refractivity contribution in [3.05, 3.63) is 36.2 Å². The van der Waals surface area contributed by atoms with Crippen LogP contribution in [0.3, 0.4) is 0 Å². The molecular weight excluding hydrogens is 433 g/mol. The number of H-pyrrole nitrogens is 1. The van der Waals surface area contributed by atoms with Crippen molar-refractivity contribution in [1.29, 1.82) is 0 Å². The molecule has 0 aliphatic heterocycles. The smallest absolute Gasteiger partial charge is 0.390 e. The molecule has 0 amide bonds. The van der Waals surface area contributed by atoms with E-state index in [9.17, 15) is 18.3 Å². The fraction of sp³-hybridized carbons (Fsp3) is 0.522. The maximum absolute atomic E-state index is 12.9. The Labute approximate surface area is 189 Å². The lowest BCUT2D eigenvalue weighted by Crippen LogP contribution is -2.50. The van der Waals surface area contributed by atoms with Gasteiger partial charge in [0.1, 0.15) is 17.3 Å². The number of fused-ring (bicyclic) bond motifs is 3. The van der Waals surface area contributed by atoms with E-state index in [-0.39, 0.29) is 11.9 Å². The van der Waals surface area contributed by atoms with Gasteiger partial charge in [0, 0.05) is 29.8 Å². The molecule has 7 nitrogen and oxygen atoms in total. The summed E-state index contributed by atoms with van der Waals surface area (Å²) in [6.07, 6.45) is 0.833. The summed E-state index contributed by atoms with van der Waals surface area (Å²) >= 11 is 0. The molecule has 2 saturated carbocycles. The summed E-state index contributed by atoms with van der Waals surface area (Å²) in [6, 6.07) is 6.47. The molecule has 2 aliphatic rings. The molecule has 2 fully saturated rings. The lowest BCUT2D eigenvalue weighted by molar-refractivity contribution is -0.141. The maximum atomic E-state index is 12.9. The lowest BCUT2D eigenvalue weighted by atomic mass is 9.61. The van der Waals surface area contributed by atoms with Gasteiger partial charge in [0.25, 0.3) is 0 Å². The van der Waals surface area contributed by atoms with Crippen molar-refractivity contribution in [2.45, 2.75) is 57.3 Å². The third-order valence-electron chi connectivity index (χ3n) is 6.93. The van der Waals surface area contributed by atoms with E-state index >= 15 is 0 Å². The van der Waals surface area contributed by atoms with Crippen LogP contribution in [-0.2, 0) is 6.18 Å². The van der Waals surface area contributed by atoms with Crippen molar-refractivity contribution in [2.75, 3.05) is 10.6 Å². The molecule has 33 heavy (non-hydrogen) atoms. The van der Waals surface area contributed by atoms with Crippen molar-refractivity contribution >= 4 is 28.4 Å². The molecule has 3 heterocycles. The zero-order valence-corrected chi connectivity index (χ0v) is 18.4. The number of aromatic nitrogens is 4. The number of nitrogens with zero attached hydrogens (tertiary/aromatic N) is 3. The van der Waals surface area contributed by atoms with E-state index in [2.05, 4.69) is 32.6 Å². The Morgan fingerprint density at radius 1 is 1.18 bits per heavy atom. The van der Waals surface area contributed by atoms with E-state index < -0.39 is 17.5 Å². The largest absolute Gasteiger partial charge is 0.432 e. The Kier molecular flexibility index (Phi) is 5.23. The molecule has 2 aliphatic carbocycles. The second-order valence-corrected chi connectivity index (χ2v) is 9.87. The van der Waals surface area contributed by atoms with E-state index in [0.717, 1.165) is 37.1 Å². The van der Waals surface area contributed by atoms with Gasteiger partial charge in [0.2, 0.25) is 0 Å². The van der Waals surface area contributed by atoms with Crippen molar-refractivity contribution in [3.63, 3.8) is 0 Å². The van der Waals surface area contributed by atoms with Gasteiger partial charge in [0.15, 0.2) is 5.82 Å². The molecule has 3 aromatic rings. The molecule has 0 radical (unpaired) electrons. The second-order valence-electron chi connectivity index (χ2n) is 9.87. The molecule has 0 saturated heterocycles. The highest BCUT2D eigenvalue weighted by atomic mass is 19.4. The number of nitrogens with one attached hydrogen (secondary N) is 3. The van der Waals surface area contributed by atoms with Crippen LogP contribution in [0.1, 0.15) is 45.2 Å². The first-order valence-electron chi connectivity index (χ1n) is 11.2. The van der Waals surface area contributed by atoms with E-state index in [0.29, 0.717) is 34.9 Å². The van der Waals surface area contributed by atoms with Crippen molar-refractivity contribution in [2.24, 2.45) is 17.8 Å². The SMILES string of the molecule is CC1CC2CC(CC(C)(O)C2)C1Nc1nc(Nc2cc(C(F)(F)F)[nH]n2)cc2ncccc12. The molecule has 2 bridgehead atoms. The van der Waals surface area contributed by atoms with E-state index in [1.807, 2.05) is 24.2 Å². The van der Waals surface area contributed by atoms with Crippen LogP contribution in [-0.4, -0.2) is 36.9 Å². The minimum atomic E-state index is -4.51. The van der Waals surface area contributed by atoms with Gasteiger partial charge in [-0.1, -0.05) is 6.92 Å². The van der Waals surface area contributed by atoms with Gasteiger partial charge in [0.05, 0.1) is 11.1 Å². The quantitative estimate of drug-likeness (QED) is 0.432. The maximum Gasteiger partial charge on any atom is 0.432 e. The average Bonchev–Trinajstić information content (AvgIpc) is 3.18. The Bertz CT molecular complexity index is 1160. The van der Waals surface area contributed by atoms with Crippen molar-refractivity contribution in [3.8, 4) is 0 Å². The number of alkyl halides is 3. The highest BCUT2D eigenvalue weighted by Crippen LogP contribution is 2.47. The van der Waals surface area contributed by atoms with Crippen LogP contribution < -0.4 is 10.6 Å². The first-order valence-corrected chi connectivity index (χ1v) is 11.2. The molecule has 5 unspecified atom stereocenters. The van der Waals surface area contributed by atoms with Gasteiger partial charge in [-0.25, -0.2) is 4.98 Å². The summed E-state index contributed by atoms with van der Waals surface area (Å²) in [6.45, 7) is 4.14. The van der Waals surface area contributed by atoms with Crippen LogP contribution in [0, 0.1) is 17.8 Å². The first-order chi connectivity index (χ1) is 15.6. The molecule has 5 rings (SSSR count). The zero-order chi connectivity index (χ0) is 23.4. The van der Waals surface area contributed by atoms with E-state index in [1.165, 1.54) is 0 Å². The van der Waals surface area contributed by atoms with Gasteiger partial charge < -0.3 is 15.7 Å². The van der Waals surface area contributed by atoms with Gasteiger partial charge in [-0.3, -0.25) is 10.1 Å². The third kappa shape index (κ3) is 4.48. The fourth-order valence-electron chi connectivity index (χ4n) is 5.78. The highest BCUT2D eigenvalue weighted by molar-refractivity contribution is 5.91. The van der Waals surface area contributed by atoms with Gasteiger partial charge >= 0.3 is 6.18 Å². The first kappa shape index (κ1) is 21.9. The topological polar surface area (TPSA) is 98.8 Å². The highest BCUT2D eigenvalue weighted by Gasteiger charge is 2.45. The Morgan fingerprint density at radius 3 is 2.76 bits per heavy atom. The van der Waals surface area contributed by atoms with Crippen molar-refractivity contribution in [1.82, 2.24) is 20.2 Å². The Hall–Kier alpha value is -2.88. The number of aromatic amines is 1. The summed E-state index contributed by atoms with van der Waals surface area (Å²) in [5, 5.41) is 23.7. The minimum Gasteiger partial charge on any atom is -0.390 e. The van der Waals surface area contributed by atoms with E-state index in [1.54, 1.807) is 12.3 Å². The normalized spacial score (nSPS) is 29.8. The Morgan fingerprint density at radius 2 is 2.00 bits per heavy atom. The molecule has 10 heteroatoms. The molecular formula is C23H27F3N6O. The summed E-state index contributed by atoms with van der Waals surface area (Å²) in [5.74, 6) is 2.22. The summed E-state index contributed by atoms with van der Waals surface area (Å²) in [4.78, 5) is 9.10. The van der Waals surface area contributed by atoms with Crippen molar-refractivity contribution < 1.29 is 18.3 Å². The summed E-state index contributed by atoms with van der Waals surface area (Å²) in [7, 11) is 0. The standard InChI is InChI=1S/C23H27F3N6O/c1-12-6-13-7-14(11-22(2,33)10-13)20(12)30-21-15-4-3-5-27-16(15)8-18(29-21)28-19-9-17(31-32-19)23(24,25)26/h3-5,8-9,12-14,20,33H,6-7,10-11H2,1-2H3,(H3,28,29,30,31,32). The van der Waals surface area contributed by atoms with Crippen LogP contribution in [0.2, 0.25) is 0 Å². The monoisotopic (exact) mass is 460 g/mol. The fourth-order valence-corrected chi connectivity index (χ4v) is 5.78. The lowest BCUT2D eigenvalue weighted by Gasteiger charge is -2.49. The molecule has 5 atom stereocenters. The average molecular weight is 461 g/mol. The third-order valence-corrected chi connectivity index (χ3v) is 6.93.